The van der Waals surface area contributed by atoms with Crippen molar-refractivity contribution in [1.29, 1.82) is 0 Å². The number of primary amides is 1. The van der Waals surface area contributed by atoms with Gasteiger partial charge in [-0.15, -0.1) is 0 Å². The predicted octanol–water partition coefficient (Wildman–Crippen LogP) is 1.72. The maximum Gasteiger partial charge on any atom is 0.249 e. The lowest BCUT2D eigenvalue weighted by atomic mass is 9.94. The molecule has 1 amide bonds. The lowest BCUT2D eigenvalue weighted by Gasteiger charge is -2.13. The summed E-state index contributed by atoms with van der Waals surface area (Å²) in [7, 11) is 0. The zero-order valence-corrected chi connectivity index (χ0v) is 10.9. The Hall–Kier alpha value is -0.870. The summed E-state index contributed by atoms with van der Waals surface area (Å²) in [5, 5.41) is 10.0. The van der Waals surface area contributed by atoms with Crippen molar-refractivity contribution in [2.24, 2.45) is 11.7 Å². The van der Waals surface area contributed by atoms with Gasteiger partial charge >= 0.3 is 0 Å². The molecule has 4 heteroatoms. The molecule has 2 aliphatic rings. The number of benzene rings is 1. The average molecular weight is 296 g/mol. The maximum absolute atomic E-state index is 11.2. The number of hydrogen-bond acceptors (Lipinski definition) is 2. The third-order valence-electron chi connectivity index (χ3n) is 4.13. The lowest BCUT2D eigenvalue weighted by molar-refractivity contribution is -0.129. The van der Waals surface area contributed by atoms with Crippen molar-refractivity contribution < 1.29 is 9.90 Å². The van der Waals surface area contributed by atoms with Gasteiger partial charge in [0.15, 0.2) is 0 Å². The van der Waals surface area contributed by atoms with Gasteiger partial charge in [-0.25, -0.2) is 0 Å². The smallest absolute Gasteiger partial charge is 0.249 e. The van der Waals surface area contributed by atoms with Crippen LogP contribution < -0.4 is 5.73 Å². The number of carbonyl (C=O) groups excluding carboxylic acids is 1. The minimum atomic E-state index is -1.25. The van der Waals surface area contributed by atoms with Crippen molar-refractivity contribution >= 4 is 21.8 Å². The molecule has 1 aromatic carbocycles. The second kappa shape index (κ2) is 3.56. The van der Waals surface area contributed by atoms with E-state index >= 15 is 0 Å². The first-order valence-electron chi connectivity index (χ1n) is 5.83. The fraction of sp³-hybridized carbons (Fsp3) is 0.462. The average Bonchev–Trinajstić information content (AvgIpc) is 2.81. The van der Waals surface area contributed by atoms with Crippen molar-refractivity contribution in [2.75, 3.05) is 0 Å². The number of fused-ring (bicyclic) bond motifs is 1. The number of aryl methyl sites for hydroxylation is 1. The van der Waals surface area contributed by atoms with E-state index in [-0.39, 0.29) is 11.8 Å². The summed E-state index contributed by atoms with van der Waals surface area (Å²) < 4.78 is 1.08. The van der Waals surface area contributed by atoms with E-state index in [1.807, 2.05) is 6.07 Å². The standard InChI is InChI=1S/C13H14BrNO2/c14-8-2-4-9-7(5-8)1-3-10(9)11-6-13(11,17)12(15)16/h2,4-5,10-11,17H,1,3,6H2,(H2,15,16). The SMILES string of the molecule is NC(=O)C1(O)CC1C1CCc2cc(Br)ccc21. The van der Waals surface area contributed by atoms with Crippen LogP contribution in [0.3, 0.4) is 0 Å². The molecule has 0 aliphatic heterocycles. The van der Waals surface area contributed by atoms with Gasteiger partial charge in [0, 0.05) is 10.4 Å². The molecule has 1 saturated carbocycles. The molecule has 17 heavy (non-hydrogen) atoms. The van der Waals surface area contributed by atoms with E-state index in [4.69, 9.17) is 5.73 Å². The third kappa shape index (κ3) is 1.62. The monoisotopic (exact) mass is 295 g/mol. The Kier molecular flexibility index (Phi) is 2.35. The van der Waals surface area contributed by atoms with E-state index in [1.165, 1.54) is 11.1 Å². The molecule has 90 valence electrons. The Morgan fingerprint density at radius 3 is 2.94 bits per heavy atom. The first-order chi connectivity index (χ1) is 8.02. The highest BCUT2D eigenvalue weighted by Crippen LogP contribution is 2.56. The van der Waals surface area contributed by atoms with Gasteiger partial charge in [-0.1, -0.05) is 22.0 Å². The lowest BCUT2D eigenvalue weighted by Crippen LogP contribution is -2.33. The van der Waals surface area contributed by atoms with Crippen molar-refractivity contribution in [3.63, 3.8) is 0 Å². The Balaban J connectivity index is 1.89. The summed E-state index contributed by atoms with van der Waals surface area (Å²) in [4.78, 5) is 11.2. The van der Waals surface area contributed by atoms with E-state index in [0.29, 0.717) is 6.42 Å². The van der Waals surface area contributed by atoms with Gasteiger partial charge in [0.25, 0.3) is 0 Å². The number of amides is 1. The molecule has 0 radical (unpaired) electrons. The summed E-state index contributed by atoms with van der Waals surface area (Å²) in [6.45, 7) is 0. The van der Waals surface area contributed by atoms with Crippen molar-refractivity contribution in [3.05, 3.63) is 33.8 Å². The van der Waals surface area contributed by atoms with E-state index in [0.717, 1.165) is 17.3 Å². The van der Waals surface area contributed by atoms with Crippen LogP contribution in [0.5, 0.6) is 0 Å². The molecule has 0 bridgehead atoms. The fourth-order valence-electron chi connectivity index (χ4n) is 3.07. The Morgan fingerprint density at radius 1 is 1.53 bits per heavy atom. The molecule has 3 rings (SSSR count). The third-order valence-corrected chi connectivity index (χ3v) is 4.62. The highest BCUT2D eigenvalue weighted by Gasteiger charge is 2.61. The summed E-state index contributed by atoms with van der Waals surface area (Å²) in [5.41, 5.74) is 6.58. The fourth-order valence-corrected chi connectivity index (χ4v) is 3.48. The minimum Gasteiger partial charge on any atom is -0.380 e. The largest absolute Gasteiger partial charge is 0.380 e. The number of rotatable bonds is 2. The minimum absolute atomic E-state index is 0.0161. The summed E-state index contributed by atoms with van der Waals surface area (Å²) >= 11 is 3.46. The normalized spacial score (nSPS) is 34.5. The van der Waals surface area contributed by atoms with Crippen LogP contribution in [0.25, 0.3) is 0 Å². The molecule has 2 aliphatic carbocycles. The molecule has 0 heterocycles. The number of nitrogens with two attached hydrogens (primary N) is 1. The summed E-state index contributed by atoms with van der Waals surface area (Å²) in [5.74, 6) is -0.272. The van der Waals surface area contributed by atoms with Crippen LogP contribution in [0, 0.1) is 5.92 Å². The van der Waals surface area contributed by atoms with E-state index in [1.54, 1.807) is 0 Å². The Labute approximate surface area is 108 Å². The molecular weight excluding hydrogens is 282 g/mol. The highest BCUT2D eigenvalue weighted by molar-refractivity contribution is 9.10. The summed E-state index contributed by atoms with van der Waals surface area (Å²) in [6.07, 6.45) is 2.54. The van der Waals surface area contributed by atoms with Crippen LogP contribution in [0.4, 0.5) is 0 Å². The van der Waals surface area contributed by atoms with Crippen LogP contribution >= 0.6 is 15.9 Å². The molecule has 1 aromatic rings. The molecule has 0 spiro atoms. The van der Waals surface area contributed by atoms with Gasteiger partial charge in [-0.2, -0.15) is 0 Å². The van der Waals surface area contributed by atoms with Crippen molar-refractivity contribution in [2.45, 2.75) is 30.8 Å². The van der Waals surface area contributed by atoms with Crippen LogP contribution in [0.2, 0.25) is 0 Å². The predicted molar refractivity (Wildman–Crippen MR) is 67.5 cm³/mol. The van der Waals surface area contributed by atoms with Gasteiger partial charge in [-0.05, 0) is 48.4 Å². The van der Waals surface area contributed by atoms with Crippen LogP contribution in [0.15, 0.2) is 22.7 Å². The highest BCUT2D eigenvalue weighted by atomic mass is 79.9. The van der Waals surface area contributed by atoms with Crippen LogP contribution in [-0.4, -0.2) is 16.6 Å². The van der Waals surface area contributed by atoms with Crippen LogP contribution in [0.1, 0.15) is 29.9 Å². The number of halogens is 1. The number of hydrogen-bond donors (Lipinski definition) is 2. The topological polar surface area (TPSA) is 63.3 Å². The number of carbonyl (C=O) groups is 1. The second-order valence-corrected chi connectivity index (χ2v) is 6.00. The Bertz CT molecular complexity index is 502. The van der Waals surface area contributed by atoms with E-state index < -0.39 is 11.5 Å². The van der Waals surface area contributed by atoms with Crippen molar-refractivity contribution in [3.8, 4) is 0 Å². The molecule has 1 fully saturated rings. The zero-order valence-electron chi connectivity index (χ0n) is 9.32. The van der Waals surface area contributed by atoms with Crippen LogP contribution in [-0.2, 0) is 11.2 Å². The second-order valence-electron chi connectivity index (χ2n) is 5.09. The van der Waals surface area contributed by atoms with Gasteiger partial charge in [0.05, 0.1) is 0 Å². The Morgan fingerprint density at radius 2 is 2.29 bits per heavy atom. The van der Waals surface area contributed by atoms with Gasteiger partial charge < -0.3 is 10.8 Å². The van der Waals surface area contributed by atoms with Crippen molar-refractivity contribution in [1.82, 2.24) is 0 Å². The van der Waals surface area contributed by atoms with Gasteiger partial charge in [0.2, 0.25) is 5.91 Å². The molecular formula is C13H14BrNO2. The molecule has 3 atom stereocenters. The van der Waals surface area contributed by atoms with Gasteiger partial charge in [-0.3, -0.25) is 4.79 Å². The molecule has 3 unspecified atom stereocenters. The molecule has 3 N–H and O–H groups in total. The van der Waals surface area contributed by atoms with Gasteiger partial charge in [0.1, 0.15) is 5.60 Å². The molecule has 0 saturated heterocycles. The van der Waals surface area contributed by atoms with E-state index in [2.05, 4.69) is 28.1 Å². The summed E-state index contributed by atoms with van der Waals surface area (Å²) in [6, 6.07) is 6.24. The molecule has 0 aromatic heterocycles. The maximum atomic E-state index is 11.2. The molecule has 3 nitrogen and oxygen atoms in total. The first kappa shape index (κ1) is 11.2. The first-order valence-corrected chi connectivity index (χ1v) is 6.62. The number of aliphatic hydroxyl groups is 1. The van der Waals surface area contributed by atoms with E-state index in [9.17, 15) is 9.90 Å². The zero-order chi connectivity index (χ0) is 12.2. The quantitative estimate of drug-likeness (QED) is 0.872.